The number of fused-ring (bicyclic) bond motifs is 1. The third-order valence-electron chi connectivity index (χ3n) is 4.72. The molecule has 0 aliphatic carbocycles. The minimum atomic E-state index is -0.727. The molecule has 0 saturated heterocycles. The average molecular weight is 492 g/mol. The number of carbonyl (C=O) groups is 1. The Morgan fingerprint density at radius 3 is 2.52 bits per heavy atom. The number of aryl methyl sites for hydroxylation is 1. The van der Waals surface area contributed by atoms with Crippen LogP contribution in [0.2, 0.25) is 5.02 Å². The van der Waals surface area contributed by atoms with Gasteiger partial charge in [0.2, 0.25) is 0 Å². The monoisotopic (exact) mass is 491 g/mol. The van der Waals surface area contributed by atoms with Gasteiger partial charge < -0.3 is 9.30 Å². The summed E-state index contributed by atoms with van der Waals surface area (Å²) in [6, 6.07) is 7.68. The number of rotatable bonds is 6. The van der Waals surface area contributed by atoms with Gasteiger partial charge in [0.25, 0.3) is 0 Å². The maximum atomic E-state index is 15.0. The number of hydrogen-bond donors (Lipinski definition) is 0. The van der Waals surface area contributed by atoms with Gasteiger partial charge in [-0.1, -0.05) is 43.3 Å². The van der Waals surface area contributed by atoms with E-state index in [0.717, 1.165) is 11.8 Å². The lowest BCUT2D eigenvalue weighted by molar-refractivity contribution is 0.0520. The summed E-state index contributed by atoms with van der Waals surface area (Å²) in [6.45, 7) is 8.41. The van der Waals surface area contributed by atoms with Crippen molar-refractivity contribution in [2.24, 2.45) is 0 Å². The first-order valence-corrected chi connectivity index (χ1v) is 11.8. The van der Waals surface area contributed by atoms with Crippen LogP contribution in [0.4, 0.5) is 8.78 Å². The standard InChI is InChI=1S/C22H18ClF2N3O2S.C2H6/c1-3-27-11-13(10-26-27)28-12-18(14-8-9-16(23)20(25)21(14)28)31-17-7-5-6-15(19(17)24)22(29)30-4-2;1-2/h5-12H,3-4H2,1-2H3;1-2H3. The lowest BCUT2D eigenvalue weighted by atomic mass is 10.2. The largest absolute Gasteiger partial charge is 0.462 e. The summed E-state index contributed by atoms with van der Waals surface area (Å²) in [5, 5.41) is 4.80. The summed E-state index contributed by atoms with van der Waals surface area (Å²) in [7, 11) is 0. The SMILES string of the molecule is CC.CCOC(=O)c1cccc(Sc2cn(-c3cnn(CC)c3)c3c(F)c(Cl)ccc23)c1F. The molecular weight excluding hydrogens is 468 g/mol. The fourth-order valence-corrected chi connectivity index (χ4v) is 4.40. The highest BCUT2D eigenvalue weighted by atomic mass is 35.5. The molecule has 0 aliphatic heterocycles. The maximum Gasteiger partial charge on any atom is 0.341 e. The van der Waals surface area contributed by atoms with Crippen LogP contribution in [-0.4, -0.2) is 26.9 Å². The molecule has 0 fully saturated rings. The van der Waals surface area contributed by atoms with Crippen LogP contribution in [0.1, 0.15) is 38.1 Å². The molecule has 0 atom stereocenters. The van der Waals surface area contributed by atoms with Gasteiger partial charge in [-0.3, -0.25) is 4.68 Å². The van der Waals surface area contributed by atoms with Gasteiger partial charge in [0.15, 0.2) is 11.6 Å². The van der Waals surface area contributed by atoms with E-state index in [9.17, 15) is 9.18 Å². The quantitative estimate of drug-likeness (QED) is 0.269. The normalized spacial score (nSPS) is 10.8. The zero-order valence-electron chi connectivity index (χ0n) is 18.7. The summed E-state index contributed by atoms with van der Waals surface area (Å²) >= 11 is 7.13. The van der Waals surface area contributed by atoms with E-state index in [4.69, 9.17) is 16.3 Å². The Kier molecular flexibility index (Phi) is 8.15. The van der Waals surface area contributed by atoms with Crippen LogP contribution in [0.15, 0.2) is 58.7 Å². The number of hydrogen-bond acceptors (Lipinski definition) is 4. The number of benzene rings is 2. The molecule has 2 aromatic carbocycles. The number of aromatic nitrogens is 3. The summed E-state index contributed by atoms with van der Waals surface area (Å²) in [6.07, 6.45) is 5.12. The molecule has 0 radical (unpaired) electrons. The predicted octanol–water partition coefficient (Wildman–Crippen LogP) is 7.13. The van der Waals surface area contributed by atoms with Crippen molar-refractivity contribution in [2.45, 2.75) is 44.0 Å². The minimum absolute atomic E-state index is 0.0122. The molecule has 9 heteroatoms. The van der Waals surface area contributed by atoms with Gasteiger partial charge in [-0.2, -0.15) is 5.10 Å². The van der Waals surface area contributed by atoms with Crippen molar-refractivity contribution < 1.29 is 18.3 Å². The molecule has 5 nitrogen and oxygen atoms in total. The van der Waals surface area contributed by atoms with Crippen LogP contribution in [0, 0.1) is 11.6 Å². The van der Waals surface area contributed by atoms with E-state index in [1.54, 1.807) is 53.0 Å². The number of ether oxygens (including phenoxy) is 1. The van der Waals surface area contributed by atoms with Gasteiger partial charge in [0.05, 0.1) is 34.6 Å². The van der Waals surface area contributed by atoms with Gasteiger partial charge in [-0.05, 0) is 38.1 Å². The molecule has 2 aromatic heterocycles. The zero-order valence-corrected chi connectivity index (χ0v) is 20.3. The Balaban J connectivity index is 0.00000149. The van der Waals surface area contributed by atoms with Crippen molar-refractivity contribution >= 4 is 40.2 Å². The van der Waals surface area contributed by atoms with Crippen molar-refractivity contribution in [1.29, 1.82) is 0 Å². The molecule has 4 rings (SSSR count). The summed E-state index contributed by atoms with van der Waals surface area (Å²) in [5.41, 5.74) is 0.780. The number of esters is 1. The fraction of sp³-hybridized carbons (Fsp3) is 0.250. The van der Waals surface area contributed by atoms with Gasteiger partial charge >= 0.3 is 5.97 Å². The molecule has 0 N–H and O–H groups in total. The number of nitrogens with zero attached hydrogens (tertiary/aromatic N) is 3. The topological polar surface area (TPSA) is 49.1 Å². The van der Waals surface area contributed by atoms with Crippen molar-refractivity contribution in [1.82, 2.24) is 14.3 Å². The average Bonchev–Trinajstić information content (AvgIpc) is 3.44. The highest BCUT2D eigenvalue weighted by Gasteiger charge is 2.21. The van der Waals surface area contributed by atoms with Crippen LogP contribution in [0.25, 0.3) is 16.6 Å². The van der Waals surface area contributed by atoms with Gasteiger partial charge in [-0.15, -0.1) is 0 Å². The highest BCUT2D eigenvalue weighted by molar-refractivity contribution is 7.99. The molecule has 174 valence electrons. The molecule has 0 spiro atoms. The van der Waals surface area contributed by atoms with Crippen LogP contribution in [-0.2, 0) is 11.3 Å². The third-order valence-corrected chi connectivity index (χ3v) is 6.09. The molecule has 33 heavy (non-hydrogen) atoms. The number of halogens is 3. The van der Waals surface area contributed by atoms with E-state index in [1.165, 1.54) is 12.1 Å². The second-order valence-corrected chi connectivity index (χ2v) is 8.11. The third kappa shape index (κ3) is 4.91. The molecule has 0 unspecified atom stereocenters. The Labute approximate surface area is 200 Å². The van der Waals surface area contributed by atoms with Gasteiger partial charge in [0.1, 0.15) is 0 Å². The van der Waals surface area contributed by atoms with Crippen molar-refractivity contribution in [3.05, 3.63) is 71.1 Å². The van der Waals surface area contributed by atoms with Gasteiger partial charge in [-0.25, -0.2) is 13.6 Å². The zero-order chi connectivity index (χ0) is 24.1. The molecule has 0 amide bonds. The summed E-state index contributed by atoms with van der Waals surface area (Å²) in [4.78, 5) is 12.9. The number of carbonyl (C=O) groups excluding carboxylic acids is 1. The molecule has 0 bridgehead atoms. The first-order valence-electron chi connectivity index (χ1n) is 10.6. The summed E-state index contributed by atoms with van der Waals surface area (Å²) < 4.78 is 38.3. The van der Waals surface area contributed by atoms with E-state index >= 15 is 4.39 Å². The Bertz CT molecular complexity index is 1290. The van der Waals surface area contributed by atoms with Crippen molar-refractivity contribution in [3.8, 4) is 5.69 Å². The lowest BCUT2D eigenvalue weighted by Crippen LogP contribution is -2.07. The summed E-state index contributed by atoms with van der Waals surface area (Å²) in [5.74, 6) is -1.98. The molecule has 0 aliphatic rings. The smallest absolute Gasteiger partial charge is 0.341 e. The Morgan fingerprint density at radius 2 is 1.85 bits per heavy atom. The van der Waals surface area contributed by atoms with Crippen LogP contribution >= 0.6 is 23.4 Å². The molecular formula is C24H24ClF2N3O2S. The Hall–Kier alpha value is -2.84. The molecule has 4 aromatic rings. The second-order valence-electron chi connectivity index (χ2n) is 6.62. The maximum absolute atomic E-state index is 15.0. The Morgan fingerprint density at radius 1 is 1.09 bits per heavy atom. The second kappa shape index (κ2) is 10.9. The van der Waals surface area contributed by atoms with E-state index in [2.05, 4.69) is 5.10 Å². The minimum Gasteiger partial charge on any atom is -0.462 e. The van der Waals surface area contributed by atoms with Crippen LogP contribution < -0.4 is 0 Å². The first kappa shape index (κ1) is 24.8. The van der Waals surface area contributed by atoms with Crippen LogP contribution in [0.5, 0.6) is 0 Å². The van der Waals surface area contributed by atoms with E-state index < -0.39 is 17.6 Å². The highest BCUT2D eigenvalue weighted by Crippen LogP contribution is 2.40. The molecule has 0 saturated carbocycles. The van der Waals surface area contributed by atoms with Crippen molar-refractivity contribution in [3.63, 3.8) is 0 Å². The van der Waals surface area contributed by atoms with E-state index in [-0.39, 0.29) is 27.6 Å². The van der Waals surface area contributed by atoms with E-state index in [0.29, 0.717) is 22.5 Å². The van der Waals surface area contributed by atoms with Crippen molar-refractivity contribution in [2.75, 3.05) is 6.61 Å². The lowest BCUT2D eigenvalue weighted by Gasteiger charge is -2.07. The van der Waals surface area contributed by atoms with Crippen LogP contribution in [0.3, 0.4) is 0 Å². The molecule has 2 heterocycles. The van der Waals surface area contributed by atoms with E-state index in [1.807, 2.05) is 20.8 Å². The first-order chi connectivity index (χ1) is 15.9. The fourth-order valence-electron chi connectivity index (χ4n) is 3.24. The predicted molar refractivity (Wildman–Crippen MR) is 128 cm³/mol. The van der Waals surface area contributed by atoms with Gasteiger partial charge in [0, 0.05) is 34.1 Å².